The molecule has 0 aliphatic heterocycles. The first-order chi connectivity index (χ1) is 8.63. The number of hydrogen-bond acceptors (Lipinski definition) is 4. The highest BCUT2D eigenvalue weighted by Gasteiger charge is 2.09. The number of hydrogen-bond donors (Lipinski definition) is 1. The molecular formula is C14H27N3O. The van der Waals surface area contributed by atoms with Gasteiger partial charge in [-0.3, -0.25) is 4.90 Å². The summed E-state index contributed by atoms with van der Waals surface area (Å²) in [5.41, 5.74) is 1.28. The topological polar surface area (TPSA) is 31.7 Å². The number of nitrogens with one attached hydrogen (secondary N) is 1. The van der Waals surface area contributed by atoms with E-state index in [-0.39, 0.29) is 0 Å². The second kappa shape index (κ2) is 8.29. The van der Waals surface area contributed by atoms with Crippen LogP contribution in [-0.2, 0) is 13.1 Å². The van der Waals surface area contributed by atoms with Crippen LogP contribution in [0.3, 0.4) is 0 Å². The Bertz CT molecular complexity index is 323. The Morgan fingerprint density at radius 2 is 2.00 bits per heavy atom. The molecule has 0 fully saturated rings. The van der Waals surface area contributed by atoms with E-state index in [9.17, 15) is 0 Å². The smallest absolute Gasteiger partial charge is 0.122 e. The van der Waals surface area contributed by atoms with Crippen molar-refractivity contribution in [2.75, 3.05) is 40.8 Å². The minimum atomic E-state index is 0.879. The lowest BCUT2D eigenvalue weighted by atomic mass is 10.2. The van der Waals surface area contributed by atoms with Crippen molar-refractivity contribution < 1.29 is 4.42 Å². The average molecular weight is 253 g/mol. The van der Waals surface area contributed by atoms with E-state index in [0.29, 0.717) is 0 Å². The quantitative estimate of drug-likeness (QED) is 0.680. The molecule has 0 unspecified atom stereocenters. The van der Waals surface area contributed by atoms with Gasteiger partial charge in [-0.2, -0.15) is 0 Å². The largest absolute Gasteiger partial charge is 0.468 e. The zero-order valence-corrected chi connectivity index (χ0v) is 12.2. The van der Waals surface area contributed by atoms with Gasteiger partial charge in [-0.05, 0) is 40.2 Å². The first-order valence-electron chi connectivity index (χ1n) is 6.72. The summed E-state index contributed by atoms with van der Waals surface area (Å²) in [6, 6.07) is 2.07. The summed E-state index contributed by atoms with van der Waals surface area (Å²) in [5, 5.41) is 3.41. The molecule has 104 valence electrons. The van der Waals surface area contributed by atoms with Crippen LogP contribution < -0.4 is 5.32 Å². The van der Waals surface area contributed by atoms with E-state index in [1.54, 1.807) is 6.26 Å². The third-order valence-electron chi connectivity index (χ3n) is 2.92. The van der Waals surface area contributed by atoms with Gasteiger partial charge in [0, 0.05) is 25.2 Å². The van der Waals surface area contributed by atoms with E-state index >= 15 is 0 Å². The van der Waals surface area contributed by atoms with Crippen LogP contribution in [0.5, 0.6) is 0 Å². The van der Waals surface area contributed by atoms with Crippen LogP contribution in [0.25, 0.3) is 0 Å². The maximum atomic E-state index is 5.58. The van der Waals surface area contributed by atoms with Gasteiger partial charge < -0.3 is 14.6 Å². The first kappa shape index (κ1) is 15.2. The van der Waals surface area contributed by atoms with Gasteiger partial charge in [0.25, 0.3) is 0 Å². The normalized spacial score (nSPS) is 11.7. The van der Waals surface area contributed by atoms with E-state index in [4.69, 9.17) is 4.42 Å². The zero-order chi connectivity index (χ0) is 13.4. The van der Waals surface area contributed by atoms with Crippen molar-refractivity contribution in [1.29, 1.82) is 0 Å². The Morgan fingerprint density at radius 3 is 2.67 bits per heavy atom. The average Bonchev–Trinajstić information content (AvgIpc) is 2.74. The third-order valence-corrected chi connectivity index (χ3v) is 2.92. The molecule has 0 spiro atoms. The lowest BCUT2D eigenvalue weighted by Crippen LogP contribution is -2.28. The van der Waals surface area contributed by atoms with Gasteiger partial charge in [-0.1, -0.05) is 6.92 Å². The van der Waals surface area contributed by atoms with E-state index < -0.39 is 0 Å². The summed E-state index contributed by atoms with van der Waals surface area (Å²) < 4.78 is 5.58. The van der Waals surface area contributed by atoms with Gasteiger partial charge in [-0.15, -0.1) is 0 Å². The maximum absolute atomic E-state index is 5.58. The van der Waals surface area contributed by atoms with Crippen molar-refractivity contribution in [3.8, 4) is 0 Å². The Hall–Kier alpha value is -0.840. The molecule has 18 heavy (non-hydrogen) atoms. The Labute approximate surface area is 111 Å². The summed E-state index contributed by atoms with van der Waals surface area (Å²) in [6.45, 7) is 7.14. The van der Waals surface area contributed by atoms with Crippen molar-refractivity contribution >= 4 is 0 Å². The van der Waals surface area contributed by atoms with Gasteiger partial charge in [0.05, 0.1) is 12.8 Å². The summed E-state index contributed by atoms with van der Waals surface area (Å²) in [7, 11) is 6.33. The molecule has 4 nitrogen and oxygen atoms in total. The Morgan fingerprint density at radius 1 is 1.22 bits per heavy atom. The molecule has 1 N–H and O–H groups in total. The molecule has 1 heterocycles. The number of furan rings is 1. The minimum absolute atomic E-state index is 0.879. The minimum Gasteiger partial charge on any atom is -0.468 e. The van der Waals surface area contributed by atoms with E-state index in [0.717, 1.165) is 44.9 Å². The standard InChI is InChI=1S/C14H27N3O/c1-5-7-15-11-13-6-10-18-14(13)12-17(4)9-8-16(2)3/h6,10,15H,5,7-9,11-12H2,1-4H3. The van der Waals surface area contributed by atoms with E-state index in [2.05, 4.69) is 49.2 Å². The van der Waals surface area contributed by atoms with Crippen LogP contribution in [-0.4, -0.2) is 50.6 Å². The molecule has 1 aromatic rings. The molecule has 1 aromatic heterocycles. The molecule has 0 bridgehead atoms. The van der Waals surface area contributed by atoms with Crippen LogP contribution >= 0.6 is 0 Å². The molecule has 0 amide bonds. The van der Waals surface area contributed by atoms with Gasteiger partial charge in [0.15, 0.2) is 0 Å². The molecule has 0 aliphatic rings. The number of likely N-dealkylation sites (N-methyl/N-ethyl adjacent to an activating group) is 2. The summed E-state index contributed by atoms with van der Waals surface area (Å²) in [5.74, 6) is 1.08. The second-order valence-corrected chi connectivity index (χ2v) is 5.09. The maximum Gasteiger partial charge on any atom is 0.122 e. The lowest BCUT2D eigenvalue weighted by Gasteiger charge is -2.18. The molecule has 0 saturated carbocycles. The van der Waals surface area contributed by atoms with Crippen LogP contribution in [0.4, 0.5) is 0 Å². The molecule has 0 radical (unpaired) electrons. The summed E-state index contributed by atoms with van der Waals surface area (Å²) >= 11 is 0. The number of rotatable bonds is 9. The van der Waals surface area contributed by atoms with Crippen LogP contribution in [0.15, 0.2) is 16.7 Å². The third kappa shape index (κ3) is 5.67. The zero-order valence-electron chi connectivity index (χ0n) is 12.2. The molecular weight excluding hydrogens is 226 g/mol. The summed E-state index contributed by atoms with van der Waals surface area (Å²) in [4.78, 5) is 4.49. The van der Waals surface area contributed by atoms with Crippen molar-refractivity contribution in [3.63, 3.8) is 0 Å². The van der Waals surface area contributed by atoms with Crippen molar-refractivity contribution in [2.24, 2.45) is 0 Å². The van der Waals surface area contributed by atoms with Crippen LogP contribution in [0.2, 0.25) is 0 Å². The highest BCUT2D eigenvalue weighted by atomic mass is 16.3. The fourth-order valence-corrected chi connectivity index (χ4v) is 1.76. The molecule has 4 heteroatoms. The van der Waals surface area contributed by atoms with Gasteiger partial charge in [0.1, 0.15) is 5.76 Å². The number of nitrogens with zero attached hydrogens (tertiary/aromatic N) is 2. The van der Waals surface area contributed by atoms with Crippen molar-refractivity contribution in [2.45, 2.75) is 26.4 Å². The van der Waals surface area contributed by atoms with Gasteiger partial charge >= 0.3 is 0 Å². The first-order valence-corrected chi connectivity index (χ1v) is 6.72. The fourth-order valence-electron chi connectivity index (χ4n) is 1.76. The fraction of sp³-hybridized carbons (Fsp3) is 0.714. The SMILES string of the molecule is CCCNCc1ccoc1CN(C)CCN(C)C. The monoisotopic (exact) mass is 253 g/mol. The van der Waals surface area contributed by atoms with E-state index in [1.807, 2.05) is 0 Å². The van der Waals surface area contributed by atoms with Crippen LogP contribution in [0, 0.1) is 0 Å². The predicted octanol–water partition coefficient (Wildman–Crippen LogP) is 1.77. The van der Waals surface area contributed by atoms with Gasteiger partial charge in [0.2, 0.25) is 0 Å². The van der Waals surface area contributed by atoms with Crippen LogP contribution in [0.1, 0.15) is 24.7 Å². The Balaban J connectivity index is 2.38. The highest BCUT2D eigenvalue weighted by Crippen LogP contribution is 2.12. The van der Waals surface area contributed by atoms with Gasteiger partial charge in [-0.25, -0.2) is 0 Å². The molecule has 1 rings (SSSR count). The molecule has 0 aromatic carbocycles. The second-order valence-electron chi connectivity index (χ2n) is 5.09. The lowest BCUT2D eigenvalue weighted by molar-refractivity contribution is 0.257. The summed E-state index contributed by atoms with van der Waals surface area (Å²) in [6.07, 6.45) is 2.95. The van der Waals surface area contributed by atoms with Crippen molar-refractivity contribution in [1.82, 2.24) is 15.1 Å². The van der Waals surface area contributed by atoms with Crippen molar-refractivity contribution in [3.05, 3.63) is 23.7 Å². The molecule has 0 saturated heterocycles. The highest BCUT2D eigenvalue weighted by molar-refractivity contribution is 5.16. The molecule has 0 atom stereocenters. The Kier molecular flexibility index (Phi) is 7.01. The predicted molar refractivity (Wildman–Crippen MR) is 75.6 cm³/mol. The van der Waals surface area contributed by atoms with E-state index in [1.165, 1.54) is 5.56 Å². The molecule has 0 aliphatic carbocycles.